The van der Waals surface area contributed by atoms with Crippen LogP contribution in [-0.4, -0.2) is 13.1 Å². The Morgan fingerprint density at radius 2 is 2.00 bits per heavy atom. The van der Waals surface area contributed by atoms with E-state index in [1.54, 1.807) is 12.1 Å². The first-order chi connectivity index (χ1) is 10.0. The summed E-state index contributed by atoms with van der Waals surface area (Å²) in [6, 6.07) is 11.7. The minimum Gasteiger partial charge on any atom is -0.463 e. The molecule has 0 bridgehead atoms. The summed E-state index contributed by atoms with van der Waals surface area (Å²) in [5.74, 6) is 0.460. The smallest absolute Gasteiger partial charge is 0.373 e. The molecule has 1 aromatic heterocycles. The summed E-state index contributed by atoms with van der Waals surface area (Å²) in [7, 11) is 1.33. The van der Waals surface area contributed by atoms with Crippen LogP contribution in [0.4, 0.5) is 0 Å². The van der Waals surface area contributed by atoms with Gasteiger partial charge in [0.2, 0.25) is 5.76 Å². The van der Waals surface area contributed by atoms with Gasteiger partial charge >= 0.3 is 5.97 Å². The third-order valence-corrected chi connectivity index (χ3v) is 3.78. The second-order valence-corrected chi connectivity index (χ2v) is 5.77. The van der Waals surface area contributed by atoms with Crippen LogP contribution in [0.25, 0.3) is 0 Å². The number of hydrogen-bond acceptors (Lipinski definition) is 4. The van der Waals surface area contributed by atoms with Crippen molar-refractivity contribution in [3.05, 3.63) is 58.0 Å². The second-order valence-electron chi connectivity index (χ2n) is 4.86. The van der Waals surface area contributed by atoms with Gasteiger partial charge in [-0.25, -0.2) is 4.79 Å². The summed E-state index contributed by atoms with van der Waals surface area (Å²) in [6.07, 6.45) is 0. The zero-order valence-electron chi connectivity index (χ0n) is 12.2. The maximum atomic E-state index is 11.4. The lowest BCUT2D eigenvalue weighted by Gasteiger charge is -2.19. The van der Waals surface area contributed by atoms with Crippen LogP contribution in [0.2, 0.25) is 0 Å². The number of benzene rings is 1. The predicted octanol–water partition coefficient (Wildman–Crippen LogP) is 4.24. The maximum absolute atomic E-state index is 11.4. The monoisotopic (exact) mass is 351 g/mol. The number of ether oxygens (including phenoxy) is 1. The topological polar surface area (TPSA) is 51.5 Å². The first kappa shape index (κ1) is 15.8. The highest BCUT2D eigenvalue weighted by molar-refractivity contribution is 9.10. The number of methoxy groups -OCH3 is 1. The number of carbonyl (C=O) groups excluding carboxylic acids is 1. The van der Waals surface area contributed by atoms with Crippen molar-refractivity contribution in [3.63, 3.8) is 0 Å². The molecule has 0 radical (unpaired) electrons. The van der Waals surface area contributed by atoms with Gasteiger partial charge in [-0.15, -0.1) is 0 Å². The number of nitrogens with one attached hydrogen (secondary N) is 1. The van der Waals surface area contributed by atoms with Crippen LogP contribution in [0.3, 0.4) is 0 Å². The molecule has 0 amide bonds. The van der Waals surface area contributed by atoms with Crippen LogP contribution in [0.1, 0.15) is 47.8 Å². The van der Waals surface area contributed by atoms with E-state index in [1.807, 2.05) is 19.1 Å². The van der Waals surface area contributed by atoms with E-state index >= 15 is 0 Å². The van der Waals surface area contributed by atoms with Gasteiger partial charge in [-0.2, -0.15) is 0 Å². The first-order valence-electron chi connectivity index (χ1n) is 6.71. The van der Waals surface area contributed by atoms with E-state index in [4.69, 9.17) is 4.42 Å². The van der Waals surface area contributed by atoms with E-state index in [-0.39, 0.29) is 17.8 Å². The Hall–Kier alpha value is -1.59. The number of halogens is 1. The molecule has 0 aliphatic rings. The van der Waals surface area contributed by atoms with Crippen molar-refractivity contribution in [1.29, 1.82) is 0 Å². The average Bonchev–Trinajstić information content (AvgIpc) is 2.96. The van der Waals surface area contributed by atoms with Crippen molar-refractivity contribution in [3.8, 4) is 0 Å². The van der Waals surface area contributed by atoms with Gasteiger partial charge in [0.1, 0.15) is 5.76 Å². The van der Waals surface area contributed by atoms with Crippen LogP contribution in [-0.2, 0) is 4.74 Å². The zero-order valence-corrected chi connectivity index (χ0v) is 13.8. The highest BCUT2D eigenvalue weighted by atomic mass is 79.9. The van der Waals surface area contributed by atoms with Gasteiger partial charge in [0.25, 0.3) is 0 Å². The van der Waals surface area contributed by atoms with Crippen LogP contribution in [0.15, 0.2) is 45.3 Å². The Morgan fingerprint density at radius 1 is 1.24 bits per heavy atom. The summed E-state index contributed by atoms with van der Waals surface area (Å²) in [4.78, 5) is 11.4. The molecular formula is C16H18BrNO3. The Morgan fingerprint density at radius 3 is 2.67 bits per heavy atom. The molecule has 1 N–H and O–H groups in total. The minimum atomic E-state index is -0.464. The van der Waals surface area contributed by atoms with E-state index in [0.717, 1.165) is 4.47 Å². The highest BCUT2D eigenvalue weighted by Gasteiger charge is 2.17. The van der Waals surface area contributed by atoms with Gasteiger partial charge in [0, 0.05) is 10.5 Å². The summed E-state index contributed by atoms with van der Waals surface area (Å²) in [6.45, 7) is 4.08. The molecule has 2 unspecified atom stereocenters. The summed E-state index contributed by atoms with van der Waals surface area (Å²) in [5, 5.41) is 3.44. The number of carbonyl (C=O) groups is 1. The van der Waals surface area contributed by atoms with Crippen LogP contribution >= 0.6 is 15.9 Å². The fourth-order valence-electron chi connectivity index (χ4n) is 2.13. The molecule has 2 atom stereocenters. The van der Waals surface area contributed by atoms with Crippen molar-refractivity contribution in [2.75, 3.05) is 7.11 Å². The van der Waals surface area contributed by atoms with Crippen molar-refractivity contribution >= 4 is 21.9 Å². The van der Waals surface area contributed by atoms with Gasteiger partial charge in [-0.1, -0.05) is 28.1 Å². The van der Waals surface area contributed by atoms with Crippen LogP contribution in [0.5, 0.6) is 0 Å². The molecule has 112 valence electrons. The van der Waals surface area contributed by atoms with Crippen LogP contribution < -0.4 is 5.32 Å². The zero-order chi connectivity index (χ0) is 15.4. The fraction of sp³-hybridized carbons (Fsp3) is 0.312. The third-order valence-electron chi connectivity index (χ3n) is 3.29. The molecule has 4 nitrogen and oxygen atoms in total. The molecule has 0 saturated carbocycles. The predicted molar refractivity (Wildman–Crippen MR) is 84.2 cm³/mol. The third kappa shape index (κ3) is 3.95. The molecule has 0 aliphatic carbocycles. The molecule has 2 aromatic rings. The van der Waals surface area contributed by atoms with Crippen molar-refractivity contribution in [2.45, 2.75) is 25.9 Å². The van der Waals surface area contributed by atoms with Gasteiger partial charge < -0.3 is 14.5 Å². The quantitative estimate of drug-likeness (QED) is 0.818. The van der Waals surface area contributed by atoms with Gasteiger partial charge in [-0.3, -0.25) is 0 Å². The molecule has 1 aromatic carbocycles. The molecule has 21 heavy (non-hydrogen) atoms. The molecule has 1 heterocycles. The SMILES string of the molecule is COC(=O)c1ccc(C(C)NC(C)c2cccc(Br)c2)o1. The van der Waals surface area contributed by atoms with Crippen LogP contribution in [0, 0.1) is 0 Å². The van der Waals surface area contributed by atoms with Crippen molar-refractivity contribution < 1.29 is 13.9 Å². The Kier molecular flexibility index (Phi) is 5.20. The van der Waals surface area contributed by atoms with Gasteiger partial charge in [0.15, 0.2) is 0 Å². The molecule has 0 spiro atoms. The van der Waals surface area contributed by atoms with E-state index in [0.29, 0.717) is 5.76 Å². The standard InChI is InChI=1S/C16H18BrNO3/c1-10(12-5-4-6-13(17)9-12)18-11(2)14-7-8-15(21-14)16(19)20-3/h4-11,18H,1-3H3. The van der Waals surface area contributed by atoms with Gasteiger partial charge in [-0.05, 0) is 43.7 Å². The average molecular weight is 352 g/mol. The number of rotatable bonds is 5. The summed E-state index contributed by atoms with van der Waals surface area (Å²) >= 11 is 3.47. The number of furan rings is 1. The summed E-state index contributed by atoms with van der Waals surface area (Å²) < 4.78 is 11.2. The Bertz CT molecular complexity index is 623. The lowest BCUT2D eigenvalue weighted by molar-refractivity contribution is 0.0562. The maximum Gasteiger partial charge on any atom is 0.373 e. The van der Waals surface area contributed by atoms with Crippen molar-refractivity contribution in [2.24, 2.45) is 0 Å². The molecule has 0 saturated heterocycles. The largest absolute Gasteiger partial charge is 0.463 e. The molecule has 5 heteroatoms. The Labute approximate surface area is 132 Å². The lowest BCUT2D eigenvalue weighted by atomic mass is 10.1. The molecule has 0 fully saturated rings. The molecule has 2 rings (SSSR count). The highest BCUT2D eigenvalue weighted by Crippen LogP contribution is 2.23. The second kappa shape index (κ2) is 6.91. The summed E-state index contributed by atoms with van der Waals surface area (Å²) in [5.41, 5.74) is 1.18. The number of hydrogen-bond donors (Lipinski definition) is 1. The lowest BCUT2D eigenvalue weighted by Crippen LogP contribution is -2.22. The molecular weight excluding hydrogens is 334 g/mol. The van der Waals surface area contributed by atoms with E-state index in [2.05, 4.69) is 45.0 Å². The fourth-order valence-corrected chi connectivity index (χ4v) is 2.54. The van der Waals surface area contributed by atoms with Crippen molar-refractivity contribution in [1.82, 2.24) is 5.32 Å². The van der Waals surface area contributed by atoms with E-state index in [9.17, 15) is 4.79 Å². The molecule has 0 aliphatic heterocycles. The van der Waals surface area contributed by atoms with Gasteiger partial charge in [0.05, 0.1) is 13.2 Å². The van der Waals surface area contributed by atoms with E-state index in [1.165, 1.54) is 12.7 Å². The minimum absolute atomic E-state index is 0.0163. The normalized spacial score (nSPS) is 13.7. The van der Waals surface area contributed by atoms with E-state index < -0.39 is 5.97 Å². The first-order valence-corrected chi connectivity index (χ1v) is 7.50. The Balaban J connectivity index is 2.05. The number of esters is 1.